The van der Waals surface area contributed by atoms with E-state index in [-0.39, 0.29) is 17.6 Å². The number of carbonyl (C=O) groups excluding carboxylic acids is 2. The number of nitrogens with one attached hydrogen (secondary N) is 1. The Morgan fingerprint density at radius 1 is 0.912 bits per heavy atom. The fraction of sp³-hybridized carbons (Fsp3) is 0.143. The van der Waals surface area contributed by atoms with Crippen molar-refractivity contribution in [2.24, 2.45) is 0 Å². The second kappa shape index (κ2) is 8.98. The minimum absolute atomic E-state index is 0.0228. The Bertz CT molecular complexity index is 1340. The zero-order valence-electron chi connectivity index (χ0n) is 18.7. The first-order chi connectivity index (χ1) is 16.5. The van der Waals surface area contributed by atoms with Gasteiger partial charge in [0.05, 0.1) is 0 Å². The molecule has 4 aromatic rings. The summed E-state index contributed by atoms with van der Waals surface area (Å²) in [5.74, 6) is 0.960. The molecule has 0 bridgehead atoms. The van der Waals surface area contributed by atoms with Crippen LogP contribution in [0.5, 0.6) is 0 Å². The summed E-state index contributed by atoms with van der Waals surface area (Å²) in [4.78, 5) is 27.1. The van der Waals surface area contributed by atoms with Crippen LogP contribution in [0.1, 0.15) is 37.6 Å². The van der Waals surface area contributed by atoms with Crippen LogP contribution >= 0.6 is 0 Å². The second-order valence-corrected chi connectivity index (χ2v) is 8.44. The molecular formula is C28H23FN2O3. The van der Waals surface area contributed by atoms with Crippen molar-refractivity contribution in [2.75, 3.05) is 11.9 Å². The van der Waals surface area contributed by atoms with E-state index in [1.54, 1.807) is 12.1 Å². The first-order valence-electron chi connectivity index (χ1n) is 11.1. The smallest absolute Gasteiger partial charge is 0.255 e. The van der Waals surface area contributed by atoms with Gasteiger partial charge in [-0.25, -0.2) is 4.39 Å². The lowest BCUT2D eigenvalue weighted by Gasteiger charge is -2.26. The maximum Gasteiger partial charge on any atom is 0.255 e. The molecule has 1 aromatic heterocycles. The SMILES string of the molecule is Cc1ccc(C(=O)N2CCc3oc(-c4ccc(NC(=O)c5ccc(F)cc5)cc4)cc3C2)cc1. The number of hydrogen-bond donors (Lipinski definition) is 1. The molecule has 5 rings (SSSR count). The number of anilines is 1. The molecule has 6 heteroatoms. The average Bonchev–Trinajstić information content (AvgIpc) is 3.28. The summed E-state index contributed by atoms with van der Waals surface area (Å²) in [6.45, 7) is 3.12. The van der Waals surface area contributed by atoms with Crippen molar-refractivity contribution in [3.05, 3.63) is 113 Å². The van der Waals surface area contributed by atoms with E-state index in [0.717, 1.165) is 28.2 Å². The number of hydrogen-bond acceptors (Lipinski definition) is 3. The maximum atomic E-state index is 13.1. The number of nitrogens with zero attached hydrogens (tertiary/aromatic N) is 1. The molecule has 1 aliphatic heterocycles. The fourth-order valence-corrected chi connectivity index (χ4v) is 4.05. The van der Waals surface area contributed by atoms with Crippen molar-refractivity contribution in [3.63, 3.8) is 0 Å². The highest BCUT2D eigenvalue weighted by molar-refractivity contribution is 6.04. The van der Waals surface area contributed by atoms with Gasteiger partial charge in [0.2, 0.25) is 0 Å². The van der Waals surface area contributed by atoms with Crippen molar-refractivity contribution >= 4 is 17.5 Å². The number of carbonyl (C=O) groups is 2. The third kappa shape index (κ3) is 4.48. The van der Waals surface area contributed by atoms with E-state index in [9.17, 15) is 14.0 Å². The van der Waals surface area contributed by atoms with Gasteiger partial charge in [-0.2, -0.15) is 0 Å². The Balaban J connectivity index is 1.27. The average molecular weight is 455 g/mol. The minimum atomic E-state index is -0.385. The van der Waals surface area contributed by atoms with Crippen LogP contribution < -0.4 is 5.32 Å². The Morgan fingerprint density at radius 3 is 2.29 bits per heavy atom. The molecule has 2 heterocycles. The topological polar surface area (TPSA) is 62.6 Å². The molecule has 34 heavy (non-hydrogen) atoms. The van der Waals surface area contributed by atoms with Crippen molar-refractivity contribution in [1.29, 1.82) is 0 Å². The lowest BCUT2D eigenvalue weighted by molar-refractivity contribution is 0.0730. The van der Waals surface area contributed by atoms with E-state index < -0.39 is 0 Å². The number of halogens is 1. The Kier molecular flexibility index (Phi) is 5.72. The molecule has 0 fully saturated rings. The first kappa shape index (κ1) is 21.6. The highest BCUT2D eigenvalue weighted by atomic mass is 19.1. The van der Waals surface area contributed by atoms with Gasteiger partial charge >= 0.3 is 0 Å². The van der Waals surface area contributed by atoms with Gasteiger partial charge in [-0.05, 0) is 73.7 Å². The zero-order chi connectivity index (χ0) is 23.7. The maximum absolute atomic E-state index is 13.1. The van der Waals surface area contributed by atoms with E-state index in [1.807, 2.05) is 54.3 Å². The number of amides is 2. The molecule has 170 valence electrons. The fourth-order valence-electron chi connectivity index (χ4n) is 4.05. The van der Waals surface area contributed by atoms with Crippen LogP contribution in [-0.2, 0) is 13.0 Å². The monoisotopic (exact) mass is 454 g/mol. The molecule has 0 atom stereocenters. The molecule has 1 N–H and O–H groups in total. The molecule has 0 aliphatic carbocycles. The predicted octanol–water partition coefficient (Wildman–Crippen LogP) is 5.84. The Morgan fingerprint density at radius 2 is 1.59 bits per heavy atom. The molecular weight excluding hydrogens is 431 g/mol. The summed E-state index contributed by atoms with van der Waals surface area (Å²) < 4.78 is 19.1. The van der Waals surface area contributed by atoms with Crippen LogP contribution in [0.3, 0.4) is 0 Å². The molecule has 0 spiro atoms. The van der Waals surface area contributed by atoms with Crippen molar-refractivity contribution in [3.8, 4) is 11.3 Å². The Hall–Kier alpha value is -4.19. The summed E-state index contributed by atoms with van der Waals surface area (Å²) in [5.41, 5.74) is 4.72. The second-order valence-electron chi connectivity index (χ2n) is 8.44. The molecule has 2 amide bonds. The molecule has 3 aromatic carbocycles. The molecule has 1 aliphatic rings. The number of benzene rings is 3. The van der Waals surface area contributed by atoms with Gasteiger partial charge in [0.25, 0.3) is 11.8 Å². The normalized spacial score (nSPS) is 12.8. The highest BCUT2D eigenvalue weighted by Crippen LogP contribution is 2.31. The van der Waals surface area contributed by atoms with Crippen LogP contribution in [-0.4, -0.2) is 23.3 Å². The summed E-state index contributed by atoms with van der Waals surface area (Å²) in [6, 6.07) is 22.4. The Labute approximate surface area is 196 Å². The molecule has 0 radical (unpaired) electrons. The molecule has 5 nitrogen and oxygen atoms in total. The minimum Gasteiger partial charge on any atom is -0.461 e. The third-order valence-corrected chi connectivity index (χ3v) is 5.99. The number of aryl methyl sites for hydroxylation is 1. The van der Waals surface area contributed by atoms with Gasteiger partial charge in [-0.3, -0.25) is 9.59 Å². The van der Waals surface area contributed by atoms with E-state index in [1.165, 1.54) is 24.3 Å². The number of fused-ring (bicyclic) bond motifs is 1. The number of furan rings is 1. The molecule has 0 unspecified atom stereocenters. The van der Waals surface area contributed by atoms with Gasteiger partial charge < -0.3 is 14.6 Å². The van der Waals surface area contributed by atoms with E-state index >= 15 is 0 Å². The van der Waals surface area contributed by atoms with Crippen LogP contribution in [0.15, 0.2) is 83.3 Å². The van der Waals surface area contributed by atoms with Gasteiger partial charge in [0.1, 0.15) is 17.3 Å². The standard InChI is InChI=1S/C28H23FN2O3/c1-18-2-4-21(5-3-18)28(33)31-15-14-25-22(17-31)16-26(34-25)19-8-12-24(13-9-19)30-27(32)20-6-10-23(29)11-7-20/h2-13,16H,14-15,17H2,1H3,(H,30,32). The van der Waals surface area contributed by atoms with Crippen LogP contribution in [0.25, 0.3) is 11.3 Å². The summed E-state index contributed by atoms with van der Waals surface area (Å²) in [7, 11) is 0. The van der Waals surface area contributed by atoms with Gasteiger partial charge in [0.15, 0.2) is 0 Å². The number of rotatable bonds is 4. The summed E-state index contributed by atoms with van der Waals surface area (Å²) in [6.07, 6.45) is 0.665. The van der Waals surface area contributed by atoms with Crippen molar-refractivity contribution in [1.82, 2.24) is 4.90 Å². The van der Waals surface area contributed by atoms with Gasteiger partial charge in [-0.1, -0.05) is 17.7 Å². The van der Waals surface area contributed by atoms with E-state index in [0.29, 0.717) is 36.3 Å². The van der Waals surface area contributed by atoms with Crippen LogP contribution in [0.4, 0.5) is 10.1 Å². The van der Waals surface area contributed by atoms with E-state index in [2.05, 4.69) is 5.32 Å². The van der Waals surface area contributed by atoms with Crippen molar-refractivity contribution < 1.29 is 18.4 Å². The van der Waals surface area contributed by atoms with Gasteiger partial charge in [0, 0.05) is 47.5 Å². The highest BCUT2D eigenvalue weighted by Gasteiger charge is 2.25. The largest absolute Gasteiger partial charge is 0.461 e. The van der Waals surface area contributed by atoms with E-state index in [4.69, 9.17) is 4.42 Å². The molecule has 0 saturated carbocycles. The summed E-state index contributed by atoms with van der Waals surface area (Å²) >= 11 is 0. The van der Waals surface area contributed by atoms with Crippen LogP contribution in [0.2, 0.25) is 0 Å². The predicted molar refractivity (Wildman–Crippen MR) is 128 cm³/mol. The first-order valence-corrected chi connectivity index (χ1v) is 11.1. The molecule has 0 saturated heterocycles. The lowest BCUT2D eigenvalue weighted by Crippen LogP contribution is -2.35. The lowest BCUT2D eigenvalue weighted by atomic mass is 10.1. The third-order valence-electron chi connectivity index (χ3n) is 5.99. The van der Waals surface area contributed by atoms with Crippen LogP contribution in [0, 0.1) is 12.7 Å². The van der Waals surface area contributed by atoms with Crippen molar-refractivity contribution in [2.45, 2.75) is 19.9 Å². The van der Waals surface area contributed by atoms with Gasteiger partial charge in [-0.15, -0.1) is 0 Å². The zero-order valence-corrected chi connectivity index (χ0v) is 18.7. The summed E-state index contributed by atoms with van der Waals surface area (Å²) in [5, 5.41) is 2.81. The quantitative estimate of drug-likeness (QED) is 0.421.